The molecule has 0 aromatic carbocycles. The van der Waals surface area contributed by atoms with Crippen LogP contribution in [0.25, 0.3) is 0 Å². The quantitative estimate of drug-likeness (QED) is 0.0918. The molecule has 0 bridgehead atoms. The van der Waals surface area contributed by atoms with Gasteiger partial charge in [-0.25, -0.2) is 0 Å². The van der Waals surface area contributed by atoms with Crippen LogP contribution in [0.3, 0.4) is 0 Å². The Kier molecular flexibility index (Phi) is 24.9. The second-order valence-corrected chi connectivity index (χ2v) is 7.94. The van der Waals surface area contributed by atoms with Crippen LogP contribution in [0.5, 0.6) is 0 Å². The summed E-state index contributed by atoms with van der Waals surface area (Å²) in [5.41, 5.74) is 0. The third-order valence-electron chi connectivity index (χ3n) is 5.04. The maximum atomic E-state index is 5.91. The number of hydrogen-bond donors (Lipinski definition) is 0. The molecule has 0 aliphatic heterocycles. The van der Waals surface area contributed by atoms with Crippen molar-refractivity contribution in [1.29, 1.82) is 0 Å². The minimum atomic E-state index is 0.0227. The zero-order valence-corrected chi connectivity index (χ0v) is 19.8. The van der Waals surface area contributed by atoms with Gasteiger partial charge >= 0.3 is 0 Å². The maximum absolute atomic E-state index is 5.91. The van der Waals surface area contributed by atoms with E-state index in [9.17, 15) is 0 Å². The van der Waals surface area contributed by atoms with Gasteiger partial charge in [0.15, 0.2) is 13.1 Å². The second kappa shape index (κ2) is 25.5. The molecule has 0 aliphatic rings. The lowest BCUT2D eigenvalue weighted by atomic mass is 10.1. The molecule has 0 N–H and O–H groups in total. The van der Waals surface area contributed by atoms with E-state index in [1.165, 1.54) is 77.0 Å². The maximum Gasteiger partial charge on any atom is 0.187 e. The van der Waals surface area contributed by atoms with Gasteiger partial charge in [0.2, 0.25) is 0 Å². The number of hydrogen-bond acceptors (Lipinski definition) is 4. The van der Waals surface area contributed by atoms with Crippen molar-refractivity contribution in [2.75, 3.05) is 27.1 Å². The van der Waals surface area contributed by atoms with Gasteiger partial charge in [-0.1, -0.05) is 78.1 Å². The first-order chi connectivity index (χ1) is 14.3. The smallest absolute Gasteiger partial charge is 0.187 e. The van der Waals surface area contributed by atoms with Gasteiger partial charge in [0.1, 0.15) is 0 Å². The first-order valence-electron chi connectivity index (χ1n) is 12.3. The fourth-order valence-corrected chi connectivity index (χ4v) is 3.16. The van der Waals surface area contributed by atoms with Crippen LogP contribution >= 0.6 is 0 Å². The third kappa shape index (κ3) is 23.6. The Morgan fingerprint density at radius 3 is 1.69 bits per heavy atom. The molecule has 0 radical (unpaired) electrons. The lowest BCUT2D eigenvalue weighted by molar-refractivity contribution is -0.147. The molecular weight excluding hydrogens is 364 g/mol. The van der Waals surface area contributed by atoms with E-state index >= 15 is 0 Å². The van der Waals surface area contributed by atoms with E-state index in [1.807, 2.05) is 0 Å². The minimum absolute atomic E-state index is 0.0227. The van der Waals surface area contributed by atoms with Gasteiger partial charge in [0.05, 0.1) is 6.26 Å². The Hall–Kier alpha value is -0.580. The van der Waals surface area contributed by atoms with Crippen molar-refractivity contribution in [3.05, 3.63) is 12.3 Å². The zero-order valence-electron chi connectivity index (χ0n) is 19.8. The summed E-state index contributed by atoms with van der Waals surface area (Å²) in [6.45, 7) is 6.43. The summed E-state index contributed by atoms with van der Waals surface area (Å²) >= 11 is 0. The summed E-state index contributed by atoms with van der Waals surface area (Å²) < 4.78 is 21.8. The third-order valence-corrected chi connectivity index (χ3v) is 5.04. The van der Waals surface area contributed by atoms with E-state index in [0.29, 0.717) is 6.79 Å². The molecule has 0 aromatic heterocycles. The molecule has 0 atom stereocenters. The van der Waals surface area contributed by atoms with Gasteiger partial charge in [0.25, 0.3) is 0 Å². The van der Waals surface area contributed by atoms with Crippen LogP contribution in [-0.2, 0) is 18.9 Å². The average Bonchev–Trinajstić information content (AvgIpc) is 2.73. The number of methoxy groups -OCH3 is 1. The monoisotopic (exact) mass is 414 g/mol. The highest BCUT2D eigenvalue weighted by molar-refractivity contribution is 4.72. The van der Waals surface area contributed by atoms with Crippen LogP contribution < -0.4 is 0 Å². The number of rotatable bonds is 24. The fraction of sp³-hybridized carbons (Fsp3) is 0.920. The molecule has 0 spiro atoms. The lowest BCUT2D eigenvalue weighted by Crippen LogP contribution is -2.18. The van der Waals surface area contributed by atoms with Gasteiger partial charge < -0.3 is 18.9 Å². The van der Waals surface area contributed by atoms with Crippen molar-refractivity contribution in [2.45, 2.75) is 123 Å². The summed E-state index contributed by atoms with van der Waals surface area (Å²) in [6, 6.07) is 0. The van der Waals surface area contributed by atoms with E-state index < -0.39 is 0 Å². The lowest BCUT2D eigenvalue weighted by Gasteiger charge is -2.18. The van der Waals surface area contributed by atoms with E-state index in [4.69, 9.17) is 18.9 Å². The molecule has 0 saturated carbocycles. The number of unbranched alkanes of at least 4 members (excludes halogenated alkanes) is 12. The Bertz CT molecular complexity index is 310. The molecule has 0 heterocycles. The molecule has 0 aromatic rings. The summed E-state index contributed by atoms with van der Waals surface area (Å²) in [5, 5.41) is 0. The van der Waals surface area contributed by atoms with Crippen LogP contribution in [0.15, 0.2) is 12.3 Å². The van der Waals surface area contributed by atoms with Crippen LogP contribution in [-0.4, -0.2) is 33.4 Å². The minimum Gasteiger partial charge on any atom is -0.476 e. The molecule has 0 fully saturated rings. The number of allylic oxidation sites excluding steroid dienone is 1. The fourth-order valence-electron chi connectivity index (χ4n) is 3.16. The largest absolute Gasteiger partial charge is 0.476 e. The van der Waals surface area contributed by atoms with E-state index in [0.717, 1.165) is 38.9 Å². The SMILES string of the molecule is CCCCOC(CCCCCCCCCCCCC=COCOC)OCCCC. The molecule has 4 heteroatoms. The molecule has 4 nitrogen and oxygen atoms in total. The standard InChI is InChI=1S/C25H50O4/c1-4-6-22-28-25(29-23-7-5-2)20-18-16-14-12-10-8-9-11-13-15-17-19-21-27-24-26-3/h19,21,25H,4-18,20,22-24H2,1-3H3. The van der Waals surface area contributed by atoms with Gasteiger partial charge in [-0.15, -0.1) is 0 Å². The van der Waals surface area contributed by atoms with Crippen molar-refractivity contribution in [1.82, 2.24) is 0 Å². The molecular formula is C25H50O4. The predicted molar refractivity (Wildman–Crippen MR) is 123 cm³/mol. The topological polar surface area (TPSA) is 36.9 Å². The Labute approximate surface area is 181 Å². The molecule has 0 aliphatic carbocycles. The first kappa shape index (κ1) is 28.4. The first-order valence-corrected chi connectivity index (χ1v) is 12.3. The van der Waals surface area contributed by atoms with Gasteiger partial charge in [0, 0.05) is 20.3 Å². The van der Waals surface area contributed by atoms with Crippen molar-refractivity contribution in [3.8, 4) is 0 Å². The van der Waals surface area contributed by atoms with E-state index in [-0.39, 0.29) is 6.29 Å². The highest BCUT2D eigenvalue weighted by atomic mass is 16.7. The molecule has 0 unspecified atom stereocenters. The van der Waals surface area contributed by atoms with Crippen molar-refractivity contribution < 1.29 is 18.9 Å². The van der Waals surface area contributed by atoms with Crippen LogP contribution in [0, 0.1) is 0 Å². The van der Waals surface area contributed by atoms with Gasteiger partial charge in [-0.2, -0.15) is 0 Å². The average molecular weight is 415 g/mol. The summed E-state index contributed by atoms with van der Waals surface area (Å²) in [6.07, 6.45) is 24.0. The highest BCUT2D eigenvalue weighted by Crippen LogP contribution is 2.14. The molecule has 174 valence electrons. The summed E-state index contributed by atoms with van der Waals surface area (Å²) in [5.74, 6) is 0. The number of ether oxygens (including phenoxy) is 4. The summed E-state index contributed by atoms with van der Waals surface area (Å²) in [4.78, 5) is 0. The Morgan fingerprint density at radius 2 is 1.17 bits per heavy atom. The zero-order chi connectivity index (χ0) is 21.3. The molecule has 29 heavy (non-hydrogen) atoms. The van der Waals surface area contributed by atoms with E-state index in [1.54, 1.807) is 13.4 Å². The van der Waals surface area contributed by atoms with Crippen LogP contribution in [0.1, 0.15) is 117 Å². The van der Waals surface area contributed by atoms with Gasteiger partial charge in [-0.05, 0) is 44.6 Å². The predicted octanol–water partition coefficient (Wildman–Crippen LogP) is 7.76. The van der Waals surface area contributed by atoms with Crippen molar-refractivity contribution in [3.63, 3.8) is 0 Å². The van der Waals surface area contributed by atoms with Crippen LogP contribution in [0.2, 0.25) is 0 Å². The molecule has 0 rings (SSSR count). The normalized spacial score (nSPS) is 11.7. The Morgan fingerprint density at radius 1 is 0.655 bits per heavy atom. The molecule has 0 saturated heterocycles. The van der Waals surface area contributed by atoms with Crippen molar-refractivity contribution >= 4 is 0 Å². The molecule has 0 amide bonds. The van der Waals surface area contributed by atoms with Gasteiger partial charge in [-0.3, -0.25) is 0 Å². The second-order valence-electron chi connectivity index (χ2n) is 7.94. The van der Waals surface area contributed by atoms with E-state index in [2.05, 4.69) is 19.9 Å². The summed E-state index contributed by atoms with van der Waals surface area (Å²) in [7, 11) is 1.64. The van der Waals surface area contributed by atoms with Crippen molar-refractivity contribution in [2.24, 2.45) is 0 Å². The highest BCUT2D eigenvalue weighted by Gasteiger charge is 2.08. The Balaban J connectivity index is 3.40. The van der Waals surface area contributed by atoms with Crippen LogP contribution in [0.4, 0.5) is 0 Å².